The number of benzene rings is 1. The van der Waals surface area contributed by atoms with Gasteiger partial charge in [-0.2, -0.15) is 0 Å². The van der Waals surface area contributed by atoms with Gasteiger partial charge in [0.15, 0.2) is 5.13 Å². The Morgan fingerprint density at radius 3 is 2.55 bits per heavy atom. The third-order valence-corrected chi connectivity index (χ3v) is 7.50. The van der Waals surface area contributed by atoms with E-state index in [2.05, 4.69) is 40.3 Å². The zero-order valence-electron chi connectivity index (χ0n) is 21.5. The highest BCUT2D eigenvalue weighted by Crippen LogP contribution is 2.35. The van der Waals surface area contributed by atoms with E-state index in [0.717, 1.165) is 45.7 Å². The van der Waals surface area contributed by atoms with Gasteiger partial charge in [0, 0.05) is 49.9 Å². The van der Waals surface area contributed by atoms with Crippen molar-refractivity contribution in [3.05, 3.63) is 59.5 Å². The maximum absolute atomic E-state index is 13.4. The largest absolute Gasteiger partial charge is 0.447 e. The van der Waals surface area contributed by atoms with E-state index >= 15 is 0 Å². The van der Waals surface area contributed by atoms with Crippen molar-refractivity contribution in [2.75, 3.05) is 55.7 Å². The van der Waals surface area contributed by atoms with Crippen LogP contribution in [0.2, 0.25) is 0 Å². The summed E-state index contributed by atoms with van der Waals surface area (Å²) in [4.78, 5) is 28.0. The van der Waals surface area contributed by atoms with Gasteiger partial charge in [-0.15, -0.1) is 11.3 Å². The fourth-order valence-corrected chi connectivity index (χ4v) is 5.57. The maximum atomic E-state index is 13.4. The molecule has 0 aliphatic carbocycles. The first-order chi connectivity index (χ1) is 18.5. The molecule has 5 rings (SSSR count). The number of amides is 1. The first-order valence-electron chi connectivity index (χ1n) is 12.8. The molecule has 0 bridgehead atoms. The standard InChI is InChI=1S/C27H31FN6O3S/c1-3-22-25(33(4-2)26-30-23(18-38-26)19-5-7-20(28)8-6-19)34-17-21(9-10-24(34)29-22)31-11-13-32(14-12-31)27(36)37-16-15-35/h5-10,17-18,35H,3-4,11-16H2,1-2H3. The van der Waals surface area contributed by atoms with Crippen LogP contribution in [0.1, 0.15) is 19.5 Å². The Balaban J connectivity index is 1.42. The highest BCUT2D eigenvalue weighted by atomic mass is 32.1. The predicted molar refractivity (Wildman–Crippen MR) is 147 cm³/mol. The van der Waals surface area contributed by atoms with Gasteiger partial charge in [0.2, 0.25) is 0 Å². The number of hydrogen-bond donors (Lipinski definition) is 1. The van der Waals surface area contributed by atoms with Crippen molar-refractivity contribution in [2.24, 2.45) is 0 Å². The lowest BCUT2D eigenvalue weighted by Crippen LogP contribution is -2.49. The number of rotatable bonds is 8. The number of carbonyl (C=O) groups is 1. The number of anilines is 3. The third kappa shape index (κ3) is 5.16. The van der Waals surface area contributed by atoms with Crippen molar-refractivity contribution in [3.63, 3.8) is 0 Å². The van der Waals surface area contributed by atoms with Gasteiger partial charge < -0.3 is 24.5 Å². The molecule has 9 nitrogen and oxygen atoms in total. The van der Waals surface area contributed by atoms with Gasteiger partial charge >= 0.3 is 6.09 Å². The summed E-state index contributed by atoms with van der Waals surface area (Å²) in [6, 6.07) is 10.5. The van der Waals surface area contributed by atoms with Gasteiger partial charge in [-0.05, 0) is 49.7 Å². The molecule has 3 aromatic heterocycles. The summed E-state index contributed by atoms with van der Waals surface area (Å²) in [5.74, 6) is 0.717. The number of hydrogen-bond acceptors (Lipinski definition) is 8. The van der Waals surface area contributed by atoms with E-state index in [1.807, 2.05) is 11.4 Å². The Hall–Kier alpha value is -3.70. The van der Waals surface area contributed by atoms with Crippen molar-refractivity contribution in [2.45, 2.75) is 20.3 Å². The Labute approximate surface area is 224 Å². The molecule has 0 unspecified atom stereocenters. The van der Waals surface area contributed by atoms with Crippen LogP contribution in [-0.4, -0.2) is 76.4 Å². The predicted octanol–water partition coefficient (Wildman–Crippen LogP) is 4.57. The zero-order valence-corrected chi connectivity index (χ0v) is 22.3. The van der Waals surface area contributed by atoms with Gasteiger partial charge in [-0.25, -0.2) is 19.2 Å². The smallest absolute Gasteiger partial charge is 0.409 e. The van der Waals surface area contributed by atoms with Crippen molar-refractivity contribution < 1.29 is 19.0 Å². The summed E-state index contributed by atoms with van der Waals surface area (Å²) in [6.45, 7) is 7.18. The quantitative estimate of drug-likeness (QED) is 0.352. The van der Waals surface area contributed by atoms with E-state index in [1.165, 1.54) is 12.1 Å². The number of pyridine rings is 1. The van der Waals surface area contributed by atoms with Crippen LogP contribution in [-0.2, 0) is 11.2 Å². The molecule has 4 heterocycles. The van der Waals surface area contributed by atoms with Crippen molar-refractivity contribution in [1.29, 1.82) is 0 Å². The van der Waals surface area contributed by atoms with E-state index in [4.69, 9.17) is 19.8 Å². The number of aryl methyl sites for hydroxylation is 1. The van der Waals surface area contributed by atoms with Crippen molar-refractivity contribution in [1.82, 2.24) is 19.3 Å². The fraction of sp³-hybridized carbons (Fsp3) is 0.370. The molecule has 0 saturated carbocycles. The first-order valence-corrected chi connectivity index (χ1v) is 13.7. The van der Waals surface area contributed by atoms with Gasteiger partial charge in [-0.3, -0.25) is 4.40 Å². The van der Waals surface area contributed by atoms with Gasteiger partial charge in [-0.1, -0.05) is 6.92 Å². The van der Waals surface area contributed by atoms with Crippen LogP contribution in [0.25, 0.3) is 16.9 Å². The monoisotopic (exact) mass is 538 g/mol. The molecule has 1 saturated heterocycles. The number of aliphatic hydroxyl groups is 1. The molecule has 200 valence electrons. The van der Waals surface area contributed by atoms with Crippen LogP contribution in [0.3, 0.4) is 0 Å². The highest BCUT2D eigenvalue weighted by Gasteiger charge is 2.25. The molecular weight excluding hydrogens is 507 g/mol. The average Bonchev–Trinajstić information content (AvgIpc) is 3.58. The fourth-order valence-electron chi connectivity index (χ4n) is 4.67. The van der Waals surface area contributed by atoms with E-state index in [-0.39, 0.29) is 25.1 Å². The number of thiazole rings is 1. The van der Waals surface area contributed by atoms with Crippen LogP contribution in [0.15, 0.2) is 48.0 Å². The van der Waals surface area contributed by atoms with Crippen molar-refractivity contribution in [3.8, 4) is 11.3 Å². The molecule has 1 N–H and O–H groups in total. The SMILES string of the molecule is CCc1nc2ccc(N3CCN(C(=O)OCCO)CC3)cn2c1N(CC)c1nc(-c2ccc(F)cc2)cs1. The zero-order chi connectivity index (χ0) is 26.6. The molecular formula is C27H31FN6O3S. The number of imidazole rings is 1. The Kier molecular flexibility index (Phi) is 7.75. The van der Waals surface area contributed by atoms with E-state index in [0.29, 0.717) is 32.7 Å². The molecule has 1 aromatic carbocycles. The van der Waals surface area contributed by atoms with Crippen LogP contribution in [0.4, 0.5) is 25.8 Å². The Morgan fingerprint density at radius 1 is 1.11 bits per heavy atom. The molecule has 1 aliphatic heterocycles. The highest BCUT2D eigenvalue weighted by molar-refractivity contribution is 7.14. The molecule has 1 aliphatic rings. The number of piperazine rings is 1. The summed E-state index contributed by atoms with van der Waals surface area (Å²) >= 11 is 1.55. The minimum atomic E-state index is -0.388. The Morgan fingerprint density at radius 2 is 1.87 bits per heavy atom. The van der Waals surface area contributed by atoms with Crippen LogP contribution < -0.4 is 9.80 Å². The van der Waals surface area contributed by atoms with Gasteiger partial charge in [0.1, 0.15) is 23.9 Å². The topological polar surface area (TPSA) is 86.4 Å². The van der Waals surface area contributed by atoms with E-state index in [1.54, 1.807) is 28.4 Å². The number of aliphatic hydroxyl groups excluding tert-OH is 1. The average molecular weight is 539 g/mol. The van der Waals surface area contributed by atoms with Crippen LogP contribution in [0, 0.1) is 5.82 Å². The normalized spacial score (nSPS) is 13.8. The molecule has 0 spiro atoms. The minimum Gasteiger partial charge on any atom is -0.447 e. The molecule has 1 fully saturated rings. The van der Waals surface area contributed by atoms with Gasteiger partial charge in [0.25, 0.3) is 0 Å². The summed E-state index contributed by atoms with van der Waals surface area (Å²) in [7, 11) is 0. The van der Waals surface area contributed by atoms with Gasteiger partial charge in [0.05, 0.1) is 23.7 Å². The summed E-state index contributed by atoms with van der Waals surface area (Å²) in [5, 5.41) is 11.7. The number of aromatic nitrogens is 3. The molecule has 11 heteroatoms. The summed E-state index contributed by atoms with van der Waals surface area (Å²) < 4.78 is 20.6. The lowest BCUT2D eigenvalue weighted by molar-refractivity contribution is 0.0825. The number of halogens is 1. The minimum absolute atomic E-state index is 0.0112. The first kappa shape index (κ1) is 25.9. The van der Waals surface area contributed by atoms with E-state index < -0.39 is 0 Å². The lowest BCUT2D eigenvalue weighted by Gasteiger charge is -2.35. The number of ether oxygens (including phenoxy) is 1. The number of fused-ring (bicyclic) bond motifs is 1. The number of carbonyl (C=O) groups excluding carboxylic acids is 1. The molecule has 0 radical (unpaired) electrons. The second-order valence-corrected chi connectivity index (χ2v) is 9.77. The third-order valence-electron chi connectivity index (χ3n) is 6.64. The lowest BCUT2D eigenvalue weighted by atomic mass is 10.2. The second kappa shape index (κ2) is 11.4. The molecule has 38 heavy (non-hydrogen) atoms. The maximum Gasteiger partial charge on any atom is 0.409 e. The van der Waals surface area contributed by atoms with E-state index in [9.17, 15) is 9.18 Å². The Bertz CT molecular complexity index is 1400. The van der Waals surface area contributed by atoms with Crippen LogP contribution >= 0.6 is 11.3 Å². The molecule has 0 atom stereocenters. The van der Waals surface area contributed by atoms with Crippen LogP contribution in [0.5, 0.6) is 0 Å². The summed E-state index contributed by atoms with van der Waals surface area (Å²) in [6.07, 6.45) is 2.49. The molecule has 1 amide bonds. The molecule has 4 aromatic rings. The van der Waals surface area contributed by atoms with Crippen molar-refractivity contribution >= 4 is 39.7 Å². The number of nitrogens with zero attached hydrogens (tertiary/aromatic N) is 6. The summed E-state index contributed by atoms with van der Waals surface area (Å²) in [5.41, 5.74) is 4.58. The second-order valence-electron chi connectivity index (χ2n) is 8.93.